The monoisotopic (exact) mass is 268 g/mol. The summed E-state index contributed by atoms with van der Waals surface area (Å²) in [5.74, 6) is 5.10. The van der Waals surface area contributed by atoms with Crippen LogP contribution in [0.4, 0.5) is 5.82 Å². The second-order valence-electron chi connectivity index (χ2n) is 4.67. The molecule has 4 nitrogen and oxygen atoms in total. The van der Waals surface area contributed by atoms with Gasteiger partial charge in [-0.05, 0) is 36.4 Å². The fourth-order valence-electron chi connectivity index (χ4n) is 2.26. The highest BCUT2D eigenvalue weighted by Crippen LogP contribution is 2.37. The predicted octanol–water partition coefficient (Wildman–Crippen LogP) is 3.18. The highest BCUT2D eigenvalue weighted by Gasteiger charge is 2.15. The normalized spacial score (nSPS) is 12.3. The van der Waals surface area contributed by atoms with Gasteiger partial charge in [-0.2, -0.15) is 0 Å². The van der Waals surface area contributed by atoms with Crippen molar-refractivity contribution < 1.29 is 9.47 Å². The second kappa shape index (κ2) is 5.70. The summed E-state index contributed by atoms with van der Waals surface area (Å²) in [4.78, 5) is 4.40. The Bertz CT molecular complexity index is 661. The van der Waals surface area contributed by atoms with Gasteiger partial charge in [0.2, 0.25) is 6.79 Å². The number of benzene rings is 1. The van der Waals surface area contributed by atoms with E-state index >= 15 is 0 Å². The molecule has 0 amide bonds. The van der Waals surface area contributed by atoms with Crippen molar-refractivity contribution in [2.75, 3.05) is 18.7 Å². The zero-order valence-electron chi connectivity index (χ0n) is 11.2. The maximum atomic E-state index is 5.42. The number of rotatable bonds is 5. The van der Waals surface area contributed by atoms with E-state index < -0.39 is 0 Å². The van der Waals surface area contributed by atoms with E-state index in [0.29, 0.717) is 0 Å². The molecule has 1 aliphatic rings. The third kappa shape index (κ3) is 2.48. The Morgan fingerprint density at radius 1 is 1.25 bits per heavy atom. The van der Waals surface area contributed by atoms with E-state index in [1.807, 2.05) is 18.2 Å². The molecule has 3 rings (SSSR count). The van der Waals surface area contributed by atoms with E-state index in [9.17, 15) is 0 Å². The third-order valence-electron chi connectivity index (χ3n) is 3.30. The zero-order valence-corrected chi connectivity index (χ0v) is 11.2. The summed E-state index contributed by atoms with van der Waals surface area (Å²) < 4.78 is 10.8. The van der Waals surface area contributed by atoms with Crippen molar-refractivity contribution in [3.8, 4) is 23.8 Å². The number of unbranched alkanes of at least 4 members (excludes halogenated alkanes) is 2. The Morgan fingerprint density at radius 2 is 2.10 bits per heavy atom. The minimum atomic E-state index is 0.286. The Kier molecular flexibility index (Phi) is 3.60. The number of aromatic nitrogens is 1. The molecule has 1 aromatic carbocycles. The molecule has 0 bridgehead atoms. The number of fused-ring (bicyclic) bond motifs is 2. The number of anilines is 1. The van der Waals surface area contributed by atoms with Gasteiger partial charge < -0.3 is 14.8 Å². The maximum absolute atomic E-state index is 5.42. The van der Waals surface area contributed by atoms with Crippen LogP contribution in [-0.2, 0) is 0 Å². The Balaban J connectivity index is 1.79. The minimum Gasteiger partial charge on any atom is -0.454 e. The summed E-state index contributed by atoms with van der Waals surface area (Å²) in [5, 5.41) is 5.50. The molecule has 1 aromatic heterocycles. The van der Waals surface area contributed by atoms with E-state index in [4.69, 9.17) is 15.9 Å². The molecule has 1 aliphatic heterocycles. The molecule has 0 atom stereocenters. The fourth-order valence-corrected chi connectivity index (χ4v) is 2.26. The third-order valence-corrected chi connectivity index (χ3v) is 3.30. The number of nitrogens with one attached hydrogen (secondary N) is 1. The molecule has 0 radical (unpaired) electrons. The zero-order chi connectivity index (χ0) is 13.8. The summed E-state index contributed by atoms with van der Waals surface area (Å²) in [7, 11) is 0. The van der Waals surface area contributed by atoms with Gasteiger partial charge >= 0.3 is 0 Å². The molecule has 4 heteroatoms. The van der Waals surface area contributed by atoms with Crippen molar-refractivity contribution in [1.82, 2.24) is 4.98 Å². The minimum absolute atomic E-state index is 0.286. The van der Waals surface area contributed by atoms with Crippen LogP contribution in [0.3, 0.4) is 0 Å². The lowest BCUT2D eigenvalue weighted by molar-refractivity contribution is 0.174. The average molecular weight is 268 g/mol. The Morgan fingerprint density at radius 3 is 2.95 bits per heavy atom. The molecular weight excluding hydrogens is 252 g/mol. The van der Waals surface area contributed by atoms with Gasteiger partial charge in [0.1, 0.15) is 5.82 Å². The Hall–Kier alpha value is -2.41. The highest BCUT2D eigenvalue weighted by atomic mass is 16.7. The molecule has 2 heterocycles. The molecule has 2 aromatic rings. The van der Waals surface area contributed by atoms with Crippen molar-refractivity contribution in [3.05, 3.63) is 24.4 Å². The molecule has 0 spiro atoms. The van der Waals surface area contributed by atoms with E-state index in [1.165, 1.54) is 0 Å². The lowest BCUT2D eigenvalue weighted by Gasteiger charge is -2.09. The molecule has 102 valence electrons. The van der Waals surface area contributed by atoms with Gasteiger partial charge in [-0.25, -0.2) is 4.98 Å². The van der Waals surface area contributed by atoms with E-state index in [1.54, 1.807) is 6.20 Å². The summed E-state index contributed by atoms with van der Waals surface area (Å²) in [6.07, 6.45) is 9.93. The summed E-state index contributed by atoms with van der Waals surface area (Å²) in [6.45, 7) is 1.15. The molecule has 0 saturated carbocycles. The van der Waals surface area contributed by atoms with Crippen molar-refractivity contribution in [2.45, 2.75) is 19.3 Å². The van der Waals surface area contributed by atoms with Crippen LogP contribution in [0, 0.1) is 12.3 Å². The van der Waals surface area contributed by atoms with Gasteiger partial charge in [0.25, 0.3) is 0 Å². The topological polar surface area (TPSA) is 43.4 Å². The number of nitrogens with zero attached hydrogens (tertiary/aromatic N) is 1. The van der Waals surface area contributed by atoms with Crippen molar-refractivity contribution in [3.63, 3.8) is 0 Å². The lowest BCUT2D eigenvalue weighted by atomic mass is 10.1. The van der Waals surface area contributed by atoms with E-state index in [2.05, 4.69) is 16.2 Å². The molecule has 0 unspecified atom stereocenters. The lowest BCUT2D eigenvalue weighted by Crippen LogP contribution is -2.03. The number of ether oxygens (including phenoxy) is 2. The number of hydrogen-bond donors (Lipinski definition) is 1. The van der Waals surface area contributed by atoms with Crippen LogP contribution < -0.4 is 14.8 Å². The SMILES string of the molecule is C#CCCCCNc1nccc2cc3c(cc12)OCO3. The molecule has 0 aliphatic carbocycles. The number of terminal acetylenes is 1. The van der Waals surface area contributed by atoms with Crippen LogP contribution in [0.15, 0.2) is 24.4 Å². The fraction of sp³-hybridized carbons (Fsp3) is 0.312. The van der Waals surface area contributed by atoms with Crippen molar-refractivity contribution in [2.24, 2.45) is 0 Å². The van der Waals surface area contributed by atoms with Gasteiger partial charge in [-0.15, -0.1) is 12.3 Å². The van der Waals surface area contributed by atoms with Crippen LogP contribution >= 0.6 is 0 Å². The standard InChI is InChI=1S/C16H16N2O2/c1-2-3-4-5-7-17-16-13-10-15-14(19-11-20-15)9-12(13)6-8-18-16/h1,6,8-10H,3-5,7,11H2,(H,17,18). The summed E-state index contributed by atoms with van der Waals surface area (Å²) >= 11 is 0. The molecule has 1 N–H and O–H groups in total. The van der Waals surface area contributed by atoms with Gasteiger partial charge in [-0.3, -0.25) is 0 Å². The van der Waals surface area contributed by atoms with Crippen LogP contribution in [0.5, 0.6) is 11.5 Å². The first-order valence-electron chi connectivity index (χ1n) is 6.74. The van der Waals surface area contributed by atoms with Gasteiger partial charge in [0, 0.05) is 24.5 Å². The average Bonchev–Trinajstić information content (AvgIpc) is 2.92. The molecule has 20 heavy (non-hydrogen) atoms. The van der Waals surface area contributed by atoms with Crippen LogP contribution in [0.1, 0.15) is 19.3 Å². The van der Waals surface area contributed by atoms with Crippen molar-refractivity contribution >= 4 is 16.6 Å². The van der Waals surface area contributed by atoms with E-state index in [0.717, 1.165) is 53.9 Å². The number of pyridine rings is 1. The number of hydrogen-bond acceptors (Lipinski definition) is 4. The van der Waals surface area contributed by atoms with Crippen molar-refractivity contribution in [1.29, 1.82) is 0 Å². The molecule has 0 saturated heterocycles. The quantitative estimate of drug-likeness (QED) is 0.668. The summed E-state index contributed by atoms with van der Waals surface area (Å²) in [5.41, 5.74) is 0. The van der Waals surface area contributed by atoms with Crippen LogP contribution in [0.25, 0.3) is 10.8 Å². The van der Waals surface area contributed by atoms with Gasteiger partial charge in [-0.1, -0.05) is 0 Å². The van der Waals surface area contributed by atoms with Crippen LogP contribution in [-0.4, -0.2) is 18.3 Å². The predicted molar refractivity (Wildman–Crippen MR) is 79.0 cm³/mol. The first-order chi connectivity index (χ1) is 9.88. The van der Waals surface area contributed by atoms with E-state index in [-0.39, 0.29) is 6.79 Å². The largest absolute Gasteiger partial charge is 0.454 e. The maximum Gasteiger partial charge on any atom is 0.231 e. The highest BCUT2D eigenvalue weighted by molar-refractivity contribution is 5.94. The molecule has 0 fully saturated rings. The van der Waals surface area contributed by atoms with Gasteiger partial charge in [0.05, 0.1) is 0 Å². The van der Waals surface area contributed by atoms with Crippen LogP contribution in [0.2, 0.25) is 0 Å². The molecular formula is C16H16N2O2. The Labute approximate surface area is 118 Å². The first-order valence-corrected chi connectivity index (χ1v) is 6.74. The second-order valence-corrected chi connectivity index (χ2v) is 4.67. The first kappa shape index (κ1) is 12.6. The summed E-state index contributed by atoms with van der Waals surface area (Å²) in [6, 6.07) is 5.94. The van der Waals surface area contributed by atoms with Gasteiger partial charge in [0.15, 0.2) is 11.5 Å². The smallest absolute Gasteiger partial charge is 0.231 e.